The molecule has 1 rings (SSSR count). The number of hydrogen-bond acceptors (Lipinski definition) is 4. The van der Waals surface area contributed by atoms with E-state index in [1.807, 2.05) is 0 Å². The van der Waals surface area contributed by atoms with Crippen LogP contribution in [0.3, 0.4) is 0 Å². The van der Waals surface area contributed by atoms with E-state index in [4.69, 9.17) is 16.3 Å². The molecule has 0 saturated heterocycles. The number of ether oxygens (including phenoxy) is 2. The summed E-state index contributed by atoms with van der Waals surface area (Å²) in [7, 11) is 1.27. The molecule has 110 valence electrons. The van der Waals surface area contributed by atoms with Crippen molar-refractivity contribution in [3.05, 3.63) is 27.2 Å². The van der Waals surface area contributed by atoms with Crippen molar-refractivity contribution in [1.82, 2.24) is 0 Å². The highest BCUT2D eigenvalue weighted by Gasteiger charge is 2.19. The Hall–Kier alpha value is -1.27. The summed E-state index contributed by atoms with van der Waals surface area (Å²) in [6.45, 7) is 5.24. The molecule has 0 aliphatic rings. The molecule has 0 aromatic heterocycles. The molecule has 0 fully saturated rings. The lowest BCUT2D eigenvalue weighted by Gasteiger charge is -2.20. The van der Waals surface area contributed by atoms with Crippen LogP contribution in [0.5, 0.6) is 0 Å². The van der Waals surface area contributed by atoms with Gasteiger partial charge in [0.2, 0.25) is 0 Å². The van der Waals surface area contributed by atoms with Gasteiger partial charge in [-0.15, -0.1) is 0 Å². The average molecular weight is 365 g/mol. The number of hydrogen-bond donors (Lipinski definition) is 1. The van der Waals surface area contributed by atoms with Crippen LogP contribution in [0, 0.1) is 0 Å². The molecule has 0 unspecified atom stereocenters. The van der Waals surface area contributed by atoms with E-state index in [1.54, 1.807) is 20.8 Å². The Morgan fingerprint density at radius 2 is 1.90 bits per heavy atom. The lowest BCUT2D eigenvalue weighted by Crippen LogP contribution is -2.27. The number of amides is 1. The van der Waals surface area contributed by atoms with Gasteiger partial charge in [0.15, 0.2) is 0 Å². The zero-order valence-corrected chi connectivity index (χ0v) is 13.9. The average Bonchev–Trinajstić information content (AvgIpc) is 2.31. The fourth-order valence-electron chi connectivity index (χ4n) is 1.33. The topological polar surface area (TPSA) is 64.6 Å². The van der Waals surface area contributed by atoms with E-state index in [1.165, 1.54) is 19.2 Å². The van der Waals surface area contributed by atoms with Crippen LogP contribution in [-0.2, 0) is 9.47 Å². The number of methoxy groups -OCH3 is 1. The summed E-state index contributed by atoms with van der Waals surface area (Å²) >= 11 is 9.27. The molecule has 0 aliphatic heterocycles. The quantitative estimate of drug-likeness (QED) is 0.797. The van der Waals surface area contributed by atoms with Gasteiger partial charge in [0.1, 0.15) is 5.60 Å². The van der Waals surface area contributed by atoms with Crippen LogP contribution >= 0.6 is 27.5 Å². The van der Waals surface area contributed by atoms with Gasteiger partial charge in [-0.3, -0.25) is 5.32 Å². The lowest BCUT2D eigenvalue weighted by molar-refractivity contribution is 0.0596. The molecule has 1 aromatic rings. The summed E-state index contributed by atoms with van der Waals surface area (Å²) in [6, 6.07) is 2.93. The summed E-state index contributed by atoms with van der Waals surface area (Å²) in [5.74, 6) is -0.533. The van der Waals surface area contributed by atoms with Gasteiger partial charge in [0.05, 0.1) is 23.4 Å². The van der Waals surface area contributed by atoms with Crippen molar-refractivity contribution in [2.24, 2.45) is 0 Å². The van der Waals surface area contributed by atoms with Crippen LogP contribution in [0.2, 0.25) is 5.02 Å². The first kappa shape index (κ1) is 16.8. The molecular formula is C13H15BrClNO4. The molecule has 0 spiro atoms. The molecule has 0 saturated carbocycles. The maximum absolute atomic E-state index is 11.7. The van der Waals surface area contributed by atoms with E-state index in [9.17, 15) is 9.59 Å². The fourth-order valence-corrected chi connectivity index (χ4v) is 1.95. The van der Waals surface area contributed by atoms with Crippen molar-refractivity contribution >= 4 is 45.3 Å². The van der Waals surface area contributed by atoms with E-state index < -0.39 is 17.7 Å². The van der Waals surface area contributed by atoms with E-state index in [2.05, 4.69) is 26.0 Å². The second-order valence-corrected chi connectivity index (χ2v) is 6.17. The molecule has 20 heavy (non-hydrogen) atoms. The largest absolute Gasteiger partial charge is 0.465 e. The van der Waals surface area contributed by atoms with Crippen molar-refractivity contribution in [3.8, 4) is 0 Å². The maximum atomic E-state index is 11.7. The first-order chi connectivity index (χ1) is 9.14. The summed E-state index contributed by atoms with van der Waals surface area (Å²) < 4.78 is 10.2. The minimum atomic E-state index is -0.659. The molecule has 7 heteroatoms. The zero-order chi connectivity index (χ0) is 15.5. The number of anilines is 1. The van der Waals surface area contributed by atoms with Crippen LogP contribution in [-0.4, -0.2) is 24.8 Å². The van der Waals surface area contributed by atoms with Gasteiger partial charge >= 0.3 is 12.1 Å². The van der Waals surface area contributed by atoms with Gasteiger partial charge in [-0.2, -0.15) is 0 Å². The minimum absolute atomic E-state index is 0.259. The molecule has 0 heterocycles. The van der Waals surface area contributed by atoms with Crippen LogP contribution < -0.4 is 5.32 Å². The predicted octanol–water partition coefficient (Wildman–Crippen LogP) is 4.24. The van der Waals surface area contributed by atoms with Gasteiger partial charge < -0.3 is 9.47 Å². The Balaban J connectivity index is 3.03. The number of carbonyl (C=O) groups is 2. The zero-order valence-electron chi connectivity index (χ0n) is 11.5. The minimum Gasteiger partial charge on any atom is -0.465 e. The van der Waals surface area contributed by atoms with Crippen molar-refractivity contribution in [3.63, 3.8) is 0 Å². The summed E-state index contributed by atoms with van der Waals surface area (Å²) in [5, 5.41) is 2.76. The van der Waals surface area contributed by atoms with Crippen LogP contribution in [0.25, 0.3) is 0 Å². The Bertz CT molecular complexity index is 540. The van der Waals surface area contributed by atoms with Gasteiger partial charge in [-0.1, -0.05) is 11.6 Å². The monoisotopic (exact) mass is 363 g/mol. The Morgan fingerprint density at radius 1 is 1.30 bits per heavy atom. The summed E-state index contributed by atoms with van der Waals surface area (Å²) in [5.41, 5.74) is -0.112. The summed E-state index contributed by atoms with van der Waals surface area (Å²) in [4.78, 5) is 23.2. The molecular weight excluding hydrogens is 350 g/mol. The molecule has 0 radical (unpaired) electrons. The number of rotatable bonds is 2. The normalized spacial score (nSPS) is 10.9. The van der Waals surface area contributed by atoms with Crippen molar-refractivity contribution in [2.75, 3.05) is 12.4 Å². The number of carbonyl (C=O) groups excluding carboxylic acids is 2. The highest BCUT2D eigenvalue weighted by atomic mass is 79.9. The molecule has 5 nitrogen and oxygen atoms in total. The van der Waals surface area contributed by atoms with Crippen molar-refractivity contribution < 1.29 is 19.1 Å². The molecule has 0 bridgehead atoms. The standard InChI is InChI=1S/C13H15BrClNO4/c1-13(2,3)20-12(18)16-9-6-7(11(17)19-4)5-8(14)10(9)15/h5-6H,1-4H3,(H,16,18). The van der Waals surface area contributed by atoms with E-state index >= 15 is 0 Å². The molecule has 1 amide bonds. The Kier molecular flexibility index (Phi) is 5.42. The van der Waals surface area contributed by atoms with Gasteiger partial charge in [-0.25, -0.2) is 9.59 Å². The molecule has 1 aromatic carbocycles. The van der Waals surface area contributed by atoms with Crippen LogP contribution in [0.15, 0.2) is 16.6 Å². The maximum Gasteiger partial charge on any atom is 0.412 e. The highest BCUT2D eigenvalue weighted by Crippen LogP contribution is 2.32. The second kappa shape index (κ2) is 6.45. The Morgan fingerprint density at radius 3 is 2.40 bits per heavy atom. The molecule has 0 atom stereocenters. The van der Waals surface area contributed by atoms with E-state index in [-0.39, 0.29) is 16.3 Å². The Labute approximate surface area is 130 Å². The number of esters is 1. The van der Waals surface area contributed by atoms with E-state index in [0.29, 0.717) is 4.47 Å². The fraction of sp³-hybridized carbons (Fsp3) is 0.385. The van der Waals surface area contributed by atoms with Crippen LogP contribution in [0.1, 0.15) is 31.1 Å². The number of benzene rings is 1. The smallest absolute Gasteiger partial charge is 0.412 e. The van der Waals surface area contributed by atoms with E-state index in [0.717, 1.165) is 0 Å². The first-order valence-corrected chi connectivity index (χ1v) is 6.88. The van der Waals surface area contributed by atoms with Crippen LogP contribution in [0.4, 0.5) is 10.5 Å². The lowest BCUT2D eigenvalue weighted by atomic mass is 10.2. The third-order valence-electron chi connectivity index (χ3n) is 2.08. The number of nitrogens with one attached hydrogen (secondary N) is 1. The predicted molar refractivity (Wildman–Crippen MR) is 80.3 cm³/mol. The van der Waals surface area contributed by atoms with Gasteiger partial charge in [0, 0.05) is 4.47 Å². The third kappa shape index (κ3) is 4.68. The third-order valence-corrected chi connectivity index (χ3v) is 3.35. The SMILES string of the molecule is COC(=O)c1cc(Br)c(Cl)c(NC(=O)OC(C)(C)C)c1. The summed E-state index contributed by atoms with van der Waals surface area (Å²) in [6.07, 6.45) is -0.659. The van der Waals surface area contributed by atoms with Crippen molar-refractivity contribution in [1.29, 1.82) is 0 Å². The van der Waals surface area contributed by atoms with Crippen molar-refractivity contribution in [2.45, 2.75) is 26.4 Å². The highest BCUT2D eigenvalue weighted by molar-refractivity contribution is 9.10. The van der Waals surface area contributed by atoms with Gasteiger partial charge in [0.25, 0.3) is 0 Å². The molecule has 0 aliphatic carbocycles. The second-order valence-electron chi connectivity index (χ2n) is 4.94. The van der Waals surface area contributed by atoms with Gasteiger partial charge in [-0.05, 0) is 48.8 Å². The number of halogens is 2. The molecule has 1 N–H and O–H groups in total. The first-order valence-electron chi connectivity index (χ1n) is 5.71.